The Balaban J connectivity index is 1.71. The van der Waals surface area contributed by atoms with Gasteiger partial charge in [0.05, 0.1) is 5.02 Å². The van der Waals surface area contributed by atoms with Gasteiger partial charge in [-0.1, -0.05) is 30.7 Å². The molecule has 1 N–H and O–H groups in total. The van der Waals surface area contributed by atoms with Gasteiger partial charge in [0, 0.05) is 25.2 Å². The predicted octanol–water partition coefficient (Wildman–Crippen LogP) is 3.87. The molecule has 2 aromatic carbocycles. The van der Waals surface area contributed by atoms with E-state index in [2.05, 4.69) is 5.32 Å². The Morgan fingerprint density at radius 1 is 1.28 bits per heavy atom. The van der Waals surface area contributed by atoms with Gasteiger partial charge in [0.2, 0.25) is 10.0 Å². The van der Waals surface area contributed by atoms with Crippen LogP contribution in [0.4, 0.5) is 4.39 Å². The van der Waals surface area contributed by atoms with Gasteiger partial charge in [-0.05, 0) is 61.1 Å². The molecule has 156 valence electrons. The minimum Gasteiger partial charge on any atom is -0.352 e. The van der Waals surface area contributed by atoms with Crippen molar-refractivity contribution in [1.82, 2.24) is 9.62 Å². The summed E-state index contributed by atoms with van der Waals surface area (Å²) in [6, 6.07) is 10.4. The molecule has 1 atom stereocenters. The van der Waals surface area contributed by atoms with Crippen molar-refractivity contribution in [2.75, 3.05) is 19.6 Å². The minimum atomic E-state index is -3.77. The first-order chi connectivity index (χ1) is 13.8. The summed E-state index contributed by atoms with van der Waals surface area (Å²) < 4.78 is 40.7. The number of hydrogen-bond donors (Lipinski definition) is 1. The molecule has 1 amide bonds. The van der Waals surface area contributed by atoms with Gasteiger partial charge in [-0.2, -0.15) is 4.31 Å². The van der Waals surface area contributed by atoms with Gasteiger partial charge in [-0.25, -0.2) is 12.8 Å². The number of carbonyl (C=O) groups excluding carboxylic acids is 1. The van der Waals surface area contributed by atoms with Crippen LogP contribution in [0.1, 0.15) is 35.7 Å². The minimum absolute atomic E-state index is 0.0500. The molecule has 0 bridgehead atoms. The van der Waals surface area contributed by atoms with E-state index < -0.39 is 15.9 Å². The molecule has 1 aliphatic rings. The highest BCUT2D eigenvalue weighted by molar-refractivity contribution is 7.89. The average molecular weight is 439 g/mol. The Morgan fingerprint density at radius 3 is 2.79 bits per heavy atom. The van der Waals surface area contributed by atoms with E-state index in [1.54, 1.807) is 12.1 Å². The molecular formula is C21H24ClFN2O3S. The molecule has 0 aliphatic carbocycles. The molecule has 0 spiro atoms. The average Bonchev–Trinajstić information content (AvgIpc) is 2.68. The van der Waals surface area contributed by atoms with Gasteiger partial charge in [0.25, 0.3) is 5.91 Å². The number of sulfonamides is 1. The lowest BCUT2D eigenvalue weighted by Crippen LogP contribution is -2.39. The lowest BCUT2D eigenvalue weighted by Gasteiger charge is -2.30. The van der Waals surface area contributed by atoms with Crippen LogP contribution in [-0.2, 0) is 16.4 Å². The molecular weight excluding hydrogens is 415 g/mol. The zero-order chi connectivity index (χ0) is 21.0. The van der Waals surface area contributed by atoms with Crippen LogP contribution in [0.15, 0.2) is 47.4 Å². The smallest absolute Gasteiger partial charge is 0.251 e. The molecule has 5 nitrogen and oxygen atoms in total. The van der Waals surface area contributed by atoms with Crippen molar-refractivity contribution < 1.29 is 17.6 Å². The number of nitrogens with one attached hydrogen (secondary N) is 1. The molecule has 3 rings (SSSR count). The first-order valence-corrected chi connectivity index (χ1v) is 11.4. The Morgan fingerprint density at radius 2 is 2.07 bits per heavy atom. The van der Waals surface area contributed by atoms with Crippen LogP contribution < -0.4 is 5.32 Å². The van der Waals surface area contributed by atoms with E-state index in [0.29, 0.717) is 26.1 Å². The Labute approximate surface area is 175 Å². The van der Waals surface area contributed by atoms with Crippen LogP contribution in [0, 0.1) is 11.7 Å². The van der Waals surface area contributed by atoms with Gasteiger partial charge < -0.3 is 5.32 Å². The highest BCUT2D eigenvalue weighted by Gasteiger charge is 2.30. The van der Waals surface area contributed by atoms with E-state index in [1.165, 1.54) is 34.6 Å². The van der Waals surface area contributed by atoms with E-state index in [0.717, 1.165) is 18.4 Å². The maximum Gasteiger partial charge on any atom is 0.251 e. The Bertz CT molecular complexity index is 997. The summed E-state index contributed by atoms with van der Waals surface area (Å²) in [6.45, 7) is 3.22. The van der Waals surface area contributed by atoms with Crippen molar-refractivity contribution >= 4 is 27.5 Å². The molecule has 0 radical (unpaired) electrons. The van der Waals surface area contributed by atoms with E-state index in [4.69, 9.17) is 11.6 Å². The number of halogens is 2. The third-order valence-electron chi connectivity index (χ3n) is 5.02. The van der Waals surface area contributed by atoms with Gasteiger partial charge >= 0.3 is 0 Å². The number of carbonyl (C=O) groups is 1. The van der Waals surface area contributed by atoms with Crippen molar-refractivity contribution in [1.29, 1.82) is 0 Å². The number of rotatable bonds is 6. The molecule has 1 fully saturated rings. The lowest BCUT2D eigenvalue weighted by atomic mass is 10.0. The number of benzene rings is 2. The van der Waals surface area contributed by atoms with E-state index in [-0.39, 0.29) is 27.2 Å². The summed E-state index contributed by atoms with van der Waals surface area (Å²) in [5.41, 5.74) is 0.987. The summed E-state index contributed by atoms with van der Waals surface area (Å²) in [4.78, 5) is 12.4. The Hall–Kier alpha value is -1.96. The van der Waals surface area contributed by atoms with Crippen molar-refractivity contribution in [3.63, 3.8) is 0 Å². The molecule has 1 aliphatic heterocycles. The number of hydrogen-bond acceptors (Lipinski definition) is 3. The van der Waals surface area contributed by atoms with Crippen LogP contribution in [-0.4, -0.2) is 38.3 Å². The van der Waals surface area contributed by atoms with Gasteiger partial charge in [0.1, 0.15) is 10.7 Å². The summed E-state index contributed by atoms with van der Waals surface area (Å²) >= 11 is 6.17. The van der Waals surface area contributed by atoms with E-state index >= 15 is 0 Å². The monoisotopic (exact) mass is 438 g/mol. The van der Waals surface area contributed by atoms with E-state index in [9.17, 15) is 17.6 Å². The van der Waals surface area contributed by atoms with Crippen LogP contribution >= 0.6 is 11.6 Å². The van der Waals surface area contributed by atoms with Gasteiger partial charge in [-0.3, -0.25) is 4.79 Å². The second-order valence-electron chi connectivity index (χ2n) is 7.39. The third-order valence-corrected chi connectivity index (χ3v) is 7.37. The maximum atomic E-state index is 13.2. The van der Waals surface area contributed by atoms with Gasteiger partial charge in [-0.15, -0.1) is 0 Å². The topological polar surface area (TPSA) is 66.5 Å². The van der Waals surface area contributed by atoms with Crippen LogP contribution in [0.2, 0.25) is 5.02 Å². The summed E-state index contributed by atoms with van der Waals surface area (Å²) in [5.74, 6) is -0.443. The molecule has 8 heteroatoms. The standard InChI is InChI=1S/C21H24ClFN2O3S/c1-15-4-3-11-25(14-15)29(27,28)20-13-17(7-8-19(20)22)21(26)24-10-9-16-5-2-6-18(23)12-16/h2,5-8,12-13,15H,3-4,9-11,14H2,1H3,(H,24,26). The van der Waals surface area contributed by atoms with Crippen molar-refractivity contribution in [3.8, 4) is 0 Å². The second-order valence-corrected chi connectivity index (χ2v) is 9.71. The second kappa shape index (κ2) is 9.24. The number of nitrogens with zero attached hydrogens (tertiary/aromatic N) is 1. The van der Waals surface area contributed by atoms with E-state index in [1.807, 2.05) is 6.92 Å². The summed E-state index contributed by atoms with van der Waals surface area (Å²) in [5, 5.41) is 2.84. The van der Waals surface area contributed by atoms with Crippen molar-refractivity contribution in [2.45, 2.75) is 31.1 Å². The molecule has 1 saturated heterocycles. The number of piperidine rings is 1. The third kappa shape index (κ3) is 5.35. The van der Waals surface area contributed by atoms with Gasteiger partial charge in [0.15, 0.2) is 0 Å². The quantitative estimate of drug-likeness (QED) is 0.744. The summed E-state index contributed by atoms with van der Waals surface area (Å²) in [6.07, 6.45) is 2.26. The molecule has 29 heavy (non-hydrogen) atoms. The normalized spacial score (nSPS) is 17.8. The van der Waals surface area contributed by atoms with Crippen molar-refractivity contribution in [2.24, 2.45) is 5.92 Å². The lowest BCUT2D eigenvalue weighted by molar-refractivity contribution is 0.0954. The SMILES string of the molecule is CC1CCCN(S(=O)(=O)c2cc(C(=O)NCCc3cccc(F)c3)ccc2Cl)C1. The fraction of sp³-hybridized carbons (Fsp3) is 0.381. The zero-order valence-corrected chi connectivity index (χ0v) is 17.8. The Kier molecular flexibility index (Phi) is 6.93. The molecule has 0 aromatic heterocycles. The largest absolute Gasteiger partial charge is 0.352 e. The van der Waals surface area contributed by atoms with Crippen LogP contribution in [0.25, 0.3) is 0 Å². The first-order valence-electron chi connectivity index (χ1n) is 9.59. The fourth-order valence-electron chi connectivity index (χ4n) is 3.46. The number of amides is 1. The molecule has 1 unspecified atom stereocenters. The molecule has 2 aromatic rings. The zero-order valence-electron chi connectivity index (χ0n) is 16.2. The fourth-order valence-corrected chi connectivity index (χ4v) is 5.56. The molecule has 0 saturated carbocycles. The maximum absolute atomic E-state index is 13.2. The van der Waals surface area contributed by atoms with Crippen LogP contribution in [0.3, 0.4) is 0 Å². The molecule has 1 heterocycles. The first kappa shape index (κ1) is 21.7. The highest BCUT2D eigenvalue weighted by Crippen LogP contribution is 2.29. The highest BCUT2D eigenvalue weighted by atomic mass is 35.5. The van der Waals surface area contributed by atoms with Crippen LogP contribution in [0.5, 0.6) is 0 Å². The predicted molar refractivity (Wildman–Crippen MR) is 111 cm³/mol. The summed E-state index contributed by atoms with van der Waals surface area (Å²) in [7, 11) is -3.77. The van der Waals surface area contributed by atoms with Crippen molar-refractivity contribution in [3.05, 3.63) is 64.4 Å².